The molecule has 5 heteroatoms. The molecule has 3 rings (SSSR count). The molecule has 1 aromatic heterocycles. The first-order valence-corrected chi connectivity index (χ1v) is 8.85. The molecule has 132 valence electrons. The molecule has 0 aliphatic heterocycles. The van der Waals surface area contributed by atoms with Crippen molar-refractivity contribution in [2.24, 2.45) is 0 Å². The zero-order valence-electron chi connectivity index (χ0n) is 14.6. The van der Waals surface area contributed by atoms with Crippen LogP contribution in [0.2, 0.25) is 0 Å². The highest BCUT2D eigenvalue weighted by Crippen LogP contribution is 2.23. The van der Waals surface area contributed by atoms with Crippen molar-refractivity contribution >= 4 is 11.6 Å². The van der Waals surface area contributed by atoms with Gasteiger partial charge >= 0.3 is 0 Å². The normalized spacial score (nSPS) is 14.3. The molecule has 1 saturated carbocycles. The van der Waals surface area contributed by atoms with Crippen LogP contribution in [0.4, 0.5) is 5.69 Å². The average Bonchev–Trinajstić information content (AvgIpc) is 3.14. The summed E-state index contributed by atoms with van der Waals surface area (Å²) in [5, 5.41) is 2.96. The van der Waals surface area contributed by atoms with Gasteiger partial charge in [-0.1, -0.05) is 18.2 Å². The van der Waals surface area contributed by atoms with Gasteiger partial charge in [0.1, 0.15) is 6.10 Å². The number of aromatic nitrogens is 1. The minimum absolute atomic E-state index is 0.0126. The van der Waals surface area contributed by atoms with Gasteiger partial charge in [0.25, 0.3) is 0 Å². The number of likely N-dealkylation sites (N-methyl/N-ethyl adjacent to an activating group) is 1. The van der Waals surface area contributed by atoms with E-state index in [9.17, 15) is 4.79 Å². The maximum absolute atomic E-state index is 12.2. The summed E-state index contributed by atoms with van der Waals surface area (Å²) in [6.45, 7) is 0.797. The number of benzene rings is 1. The second-order valence-electron chi connectivity index (χ2n) is 6.49. The van der Waals surface area contributed by atoms with Gasteiger partial charge < -0.3 is 15.0 Å². The molecule has 25 heavy (non-hydrogen) atoms. The molecule has 1 aliphatic carbocycles. The molecule has 0 bridgehead atoms. The number of carbonyl (C=O) groups excluding carboxylic acids is 1. The number of amides is 1. The number of para-hydroxylation sites is 1. The third-order valence-corrected chi connectivity index (χ3v) is 4.46. The Morgan fingerprint density at radius 3 is 2.76 bits per heavy atom. The maximum Gasteiger partial charge on any atom is 0.239 e. The van der Waals surface area contributed by atoms with Crippen LogP contribution >= 0.6 is 0 Å². The minimum Gasteiger partial charge on any atom is -0.474 e. The first-order chi connectivity index (χ1) is 12.2. The molecule has 2 aromatic rings. The smallest absolute Gasteiger partial charge is 0.239 e. The monoisotopic (exact) mass is 339 g/mol. The van der Waals surface area contributed by atoms with Crippen LogP contribution < -0.4 is 15.0 Å². The molecule has 1 heterocycles. The number of hydrogen-bond donors (Lipinski definition) is 1. The summed E-state index contributed by atoms with van der Waals surface area (Å²) in [6.07, 6.45) is 6.70. The second kappa shape index (κ2) is 8.51. The Hall–Kier alpha value is -2.56. The van der Waals surface area contributed by atoms with Crippen LogP contribution in [0.15, 0.2) is 48.7 Å². The van der Waals surface area contributed by atoms with E-state index in [1.165, 1.54) is 12.8 Å². The topological polar surface area (TPSA) is 54.5 Å². The van der Waals surface area contributed by atoms with Gasteiger partial charge in [-0.05, 0) is 49.4 Å². The SMILES string of the molecule is CN(CC(=O)NCc1ccnc(OC2CCCC2)c1)c1ccccc1. The van der Waals surface area contributed by atoms with E-state index in [1.54, 1.807) is 6.20 Å². The Labute approximate surface area is 149 Å². The highest BCUT2D eigenvalue weighted by molar-refractivity contribution is 5.81. The lowest BCUT2D eigenvalue weighted by molar-refractivity contribution is -0.119. The van der Waals surface area contributed by atoms with E-state index < -0.39 is 0 Å². The quantitative estimate of drug-likeness (QED) is 0.842. The number of anilines is 1. The lowest BCUT2D eigenvalue weighted by atomic mass is 10.2. The summed E-state index contributed by atoms with van der Waals surface area (Å²) < 4.78 is 5.91. The number of ether oxygens (including phenoxy) is 1. The van der Waals surface area contributed by atoms with Crippen LogP contribution in [0.3, 0.4) is 0 Å². The van der Waals surface area contributed by atoms with Crippen LogP contribution in [0.25, 0.3) is 0 Å². The largest absolute Gasteiger partial charge is 0.474 e. The number of nitrogens with one attached hydrogen (secondary N) is 1. The molecular formula is C20H25N3O2. The number of rotatable bonds is 7. The summed E-state index contributed by atoms with van der Waals surface area (Å²) in [5.74, 6) is 0.640. The first-order valence-electron chi connectivity index (χ1n) is 8.85. The molecular weight excluding hydrogens is 314 g/mol. The highest BCUT2D eigenvalue weighted by atomic mass is 16.5. The van der Waals surface area contributed by atoms with Crippen LogP contribution in [0.1, 0.15) is 31.2 Å². The van der Waals surface area contributed by atoms with Crippen molar-refractivity contribution in [2.45, 2.75) is 38.3 Å². The molecule has 0 saturated heterocycles. The van der Waals surface area contributed by atoms with Gasteiger partial charge in [0, 0.05) is 31.5 Å². The van der Waals surface area contributed by atoms with Crippen LogP contribution in [-0.4, -0.2) is 30.6 Å². The van der Waals surface area contributed by atoms with Crippen molar-refractivity contribution in [3.63, 3.8) is 0 Å². The zero-order valence-corrected chi connectivity index (χ0v) is 14.6. The van der Waals surface area contributed by atoms with Crippen LogP contribution in [-0.2, 0) is 11.3 Å². The number of pyridine rings is 1. The van der Waals surface area contributed by atoms with Gasteiger partial charge in [0.2, 0.25) is 11.8 Å². The number of nitrogens with zero attached hydrogens (tertiary/aromatic N) is 2. The summed E-state index contributed by atoms with van der Waals surface area (Å²) in [6, 6.07) is 13.7. The van der Waals surface area contributed by atoms with E-state index in [0.717, 1.165) is 24.1 Å². The van der Waals surface area contributed by atoms with E-state index in [2.05, 4.69) is 10.3 Å². The van der Waals surface area contributed by atoms with Crippen molar-refractivity contribution in [1.29, 1.82) is 0 Å². The Morgan fingerprint density at radius 2 is 2.00 bits per heavy atom. The Bertz CT molecular complexity index is 684. The molecule has 1 aromatic carbocycles. The fourth-order valence-corrected chi connectivity index (χ4v) is 3.05. The molecule has 1 amide bonds. The van der Waals surface area contributed by atoms with E-state index in [4.69, 9.17) is 4.74 Å². The van der Waals surface area contributed by atoms with Crippen molar-refractivity contribution < 1.29 is 9.53 Å². The fraction of sp³-hybridized carbons (Fsp3) is 0.400. The average molecular weight is 339 g/mol. The van der Waals surface area contributed by atoms with Crippen molar-refractivity contribution in [3.8, 4) is 5.88 Å². The van der Waals surface area contributed by atoms with E-state index in [0.29, 0.717) is 19.0 Å². The summed E-state index contributed by atoms with van der Waals surface area (Å²) >= 11 is 0. The van der Waals surface area contributed by atoms with E-state index >= 15 is 0 Å². The Kier molecular flexibility index (Phi) is 5.88. The fourth-order valence-electron chi connectivity index (χ4n) is 3.05. The third kappa shape index (κ3) is 5.21. The highest BCUT2D eigenvalue weighted by Gasteiger charge is 2.17. The van der Waals surface area contributed by atoms with Crippen LogP contribution in [0, 0.1) is 0 Å². The third-order valence-electron chi connectivity index (χ3n) is 4.46. The zero-order chi connectivity index (χ0) is 17.5. The predicted molar refractivity (Wildman–Crippen MR) is 98.7 cm³/mol. The molecule has 0 spiro atoms. The lowest BCUT2D eigenvalue weighted by Crippen LogP contribution is -2.34. The van der Waals surface area contributed by atoms with Gasteiger partial charge in [0.15, 0.2) is 0 Å². The maximum atomic E-state index is 12.2. The summed E-state index contributed by atoms with van der Waals surface area (Å²) in [4.78, 5) is 18.4. The first kappa shape index (κ1) is 17.3. The lowest BCUT2D eigenvalue weighted by Gasteiger charge is -2.18. The number of carbonyl (C=O) groups is 1. The van der Waals surface area contributed by atoms with Gasteiger partial charge in [-0.25, -0.2) is 4.98 Å². The minimum atomic E-state index is -0.0126. The van der Waals surface area contributed by atoms with Crippen molar-refractivity contribution in [2.75, 3.05) is 18.5 Å². The Balaban J connectivity index is 1.48. The Morgan fingerprint density at radius 1 is 1.24 bits per heavy atom. The summed E-state index contributed by atoms with van der Waals surface area (Å²) in [5.41, 5.74) is 2.02. The second-order valence-corrected chi connectivity index (χ2v) is 6.49. The molecule has 1 aliphatic rings. The standard InChI is InChI=1S/C20H25N3O2/c1-23(17-7-3-2-4-8-17)15-19(24)22-14-16-11-12-21-20(13-16)25-18-9-5-6-10-18/h2-4,7-8,11-13,18H,5-6,9-10,14-15H2,1H3,(H,22,24). The predicted octanol–water partition coefficient (Wildman–Crippen LogP) is 3.16. The molecule has 0 unspecified atom stereocenters. The van der Waals surface area contributed by atoms with Gasteiger partial charge in [-0.15, -0.1) is 0 Å². The number of hydrogen-bond acceptors (Lipinski definition) is 4. The molecule has 1 fully saturated rings. The summed E-state index contributed by atoms with van der Waals surface area (Å²) in [7, 11) is 1.91. The van der Waals surface area contributed by atoms with Gasteiger partial charge in [-0.2, -0.15) is 0 Å². The van der Waals surface area contributed by atoms with Gasteiger partial charge in [-0.3, -0.25) is 4.79 Å². The van der Waals surface area contributed by atoms with Gasteiger partial charge in [0.05, 0.1) is 6.54 Å². The molecule has 5 nitrogen and oxygen atoms in total. The van der Waals surface area contributed by atoms with Crippen LogP contribution in [0.5, 0.6) is 5.88 Å². The van der Waals surface area contributed by atoms with Crippen molar-refractivity contribution in [1.82, 2.24) is 10.3 Å². The van der Waals surface area contributed by atoms with Crippen molar-refractivity contribution in [3.05, 3.63) is 54.2 Å². The molecule has 1 N–H and O–H groups in total. The van der Waals surface area contributed by atoms with E-state index in [1.807, 2.05) is 54.4 Å². The molecule has 0 radical (unpaired) electrons. The van der Waals surface area contributed by atoms with E-state index in [-0.39, 0.29) is 12.0 Å². The molecule has 0 atom stereocenters.